The molecule has 5 nitrogen and oxygen atoms in total. The molecule has 1 heterocycles. The number of ether oxygens (including phenoxy) is 1. The summed E-state index contributed by atoms with van der Waals surface area (Å²) in [4.78, 5) is 0. The van der Waals surface area contributed by atoms with Gasteiger partial charge < -0.3 is 10.5 Å². The Morgan fingerprint density at radius 2 is 2.15 bits per heavy atom. The number of sulfonamides is 1. The molecule has 1 aliphatic heterocycles. The molecular formula is C7H16N2O3S. The van der Waals surface area contributed by atoms with Crippen molar-refractivity contribution in [2.24, 2.45) is 11.7 Å². The Balaban J connectivity index is 2.36. The van der Waals surface area contributed by atoms with Crippen molar-refractivity contribution in [3.63, 3.8) is 0 Å². The largest absolute Gasteiger partial charge is 0.384 e. The number of nitrogens with two attached hydrogens (primary N) is 1. The third-order valence-corrected chi connectivity index (χ3v) is 3.96. The van der Waals surface area contributed by atoms with Gasteiger partial charge in [-0.3, -0.25) is 0 Å². The molecule has 0 aliphatic carbocycles. The van der Waals surface area contributed by atoms with Gasteiger partial charge in [0.1, 0.15) is 0 Å². The van der Waals surface area contributed by atoms with Crippen LogP contribution in [0.3, 0.4) is 0 Å². The molecule has 13 heavy (non-hydrogen) atoms. The third kappa shape index (κ3) is 2.63. The van der Waals surface area contributed by atoms with Crippen molar-refractivity contribution in [2.75, 3.05) is 39.1 Å². The summed E-state index contributed by atoms with van der Waals surface area (Å²) in [6, 6.07) is 0. The summed E-state index contributed by atoms with van der Waals surface area (Å²) < 4.78 is 29.1. The smallest absolute Gasteiger partial charge is 0.216 e. The predicted molar refractivity (Wildman–Crippen MR) is 49.8 cm³/mol. The number of rotatable bonds is 5. The van der Waals surface area contributed by atoms with Crippen LogP contribution in [0.2, 0.25) is 0 Å². The van der Waals surface area contributed by atoms with Crippen LogP contribution in [-0.2, 0) is 14.8 Å². The first-order chi connectivity index (χ1) is 6.10. The van der Waals surface area contributed by atoms with Gasteiger partial charge in [-0.1, -0.05) is 0 Å². The van der Waals surface area contributed by atoms with Crippen LogP contribution >= 0.6 is 0 Å². The molecule has 0 saturated carbocycles. The molecule has 0 aromatic rings. The Hall–Kier alpha value is -0.170. The molecule has 0 unspecified atom stereocenters. The van der Waals surface area contributed by atoms with E-state index in [1.165, 1.54) is 11.4 Å². The monoisotopic (exact) mass is 208 g/mol. The van der Waals surface area contributed by atoms with Crippen LogP contribution in [0.5, 0.6) is 0 Å². The Kier molecular flexibility index (Phi) is 3.66. The second-order valence-corrected chi connectivity index (χ2v) is 5.32. The Morgan fingerprint density at radius 3 is 2.62 bits per heavy atom. The van der Waals surface area contributed by atoms with Gasteiger partial charge in [0.2, 0.25) is 10.0 Å². The van der Waals surface area contributed by atoms with E-state index in [9.17, 15) is 8.42 Å². The van der Waals surface area contributed by atoms with Gasteiger partial charge in [-0.15, -0.1) is 0 Å². The van der Waals surface area contributed by atoms with Gasteiger partial charge in [-0.2, -0.15) is 0 Å². The molecule has 0 radical (unpaired) electrons. The summed E-state index contributed by atoms with van der Waals surface area (Å²) in [5.41, 5.74) is 5.39. The van der Waals surface area contributed by atoms with Crippen molar-refractivity contribution in [1.29, 1.82) is 0 Å². The zero-order chi connectivity index (χ0) is 9.90. The van der Waals surface area contributed by atoms with E-state index < -0.39 is 10.0 Å². The van der Waals surface area contributed by atoms with E-state index in [0.717, 1.165) is 0 Å². The molecule has 0 bridgehead atoms. The second kappa shape index (κ2) is 4.36. The normalized spacial score (nSPS) is 20.2. The van der Waals surface area contributed by atoms with Gasteiger partial charge >= 0.3 is 0 Å². The van der Waals surface area contributed by atoms with Crippen LogP contribution in [0, 0.1) is 5.92 Å². The summed E-state index contributed by atoms with van der Waals surface area (Å²) >= 11 is 0. The van der Waals surface area contributed by atoms with E-state index in [-0.39, 0.29) is 12.4 Å². The van der Waals surface area contributed by atoms with E-state index in [1.54, 1.807) is 0 Å². The summed E-state index contributed by atoms with van der Waals surface area (Å²) in [6.45, 7) is 1.97. The van der Waals surface area contributed by atoms with Crippen LogP contribution in [0.25, 0.3) is 0 Å². The van der Waals surface area contributed by atoms with E-state index in [2.05, 4.69) is 0 Å². The van der Waals surface area contributed by atoms with Crippen molar-refractivity contribution >= 4 is 10.0 Å². The average Bonchev–Trinajstić information content (AvgIpc) is 1.98. The van der Waals surface area contributed by atoms with Crippen molar-refractivity contribution in [1.82, 2.24) is 4.31 Å². The molecule has 0 aromatic carbocycles. The summed E-state index contributed by atoms with van der Waals surface area (Å²) in [5.74, 6) is 0.415. The first-order valence-corrected chi connectivity index (χ1v) is 5.88. The van der Waals surface area contributed by atoms with Gasteiger partial charge in [0.05, 0.1) is 12.4 Å². The number of methoxy groups -OCH3 is 1. The first-order valence-electron chi connectivity index (χ1n) is 4.27. The molecule has 0 atom stereocenters. The zero-order valence-electron chi connectivity index (χ0n) is 7.77. The second-order valence-electron chi connectivity index (χ2n) is 3.23. The topological polar surface area (TPSA) is 72.6 Å². The molecule has 1 aliphatic rings. The van der Waals surface area contributed by atoms with Gasteiger partial charge in [-0.25, -0.2) is 12.7 Å². The predicted octanol–water partition coefficient (Wildman–Crippen LogP) is -1.15. The van der Waals surface area contributed by atoms with Gasteiger partial charge in [0.15, 0.2) is 0 Å². The highest BCUT2D eigenvalue weighted by Gasteiger charge is 2.34. The highest BCUT2D eigenvalue weighted by atomic mass is 32.2. The summed E-state index contributed by atoms with van der Waals surface area (Å²) in [5, 5.41) is 0. The lowest BCUT2D eigenvalue weighted by molar-refractivity contribution is 0.195. The van der Waals surface area contributed by atoms with Crippen molar-refractivity contribution in [3.8, 4) is 0 Å². The van der Waals surface area contributed by atoms with Crippen LogP contribution in [-0.4, -0.2) is 51.8 Å². The molecule has 78 valence electrons. The molecule has 6 heteroatoms. The average molecular weight is 208 g/mol. The van der Waals surface area contributed by atoms with E-state index in [0.29, 0.717) is 25.6 Å². The minimum atomic E-state index is -3.08. The molecule has 2 N–H and O–H groups in total. The summed E-state index contributed by atoms with van der Waals surface area (Å²) in [6.07, 6.45) is 0. The SMILES string of the molecule is COCCS(=O)(=O)N1CC(CN)C1. The van der Waals surface area contributed by atoms with Crippen LogP contribution < -0.4 is 5.73 Å². The molecule has 0 aromatic heterocycles. The van der Waals surface area contributed by atoms with Gasteiger partial charge in [0.25, 0.3) is 0 Å². The molecular weight excluding hydrogens is 192 g/mol. The van der Waals surface area contributed by atoms with Gasteiger partial charge in [-0.05, 0) is 12.5 Å². The highest BCUT2D eigenvalue weighted by Crippen LogP contribution is 2.18. The molecule has 0 spiro atoms. The van der Waals surface area contributed by atoms with Crippen LogP contribution in [0.4, 0.5) is 0 Å². The maximum absolute atomic E-state index is 11.4. The fourth-order valence-electron chi connectivity index (χ4n) is 1.22. The van der Waals surface area contributed by atoms with E-state index >= 15 is 0 Å². The Labute approximate surface area is 78.9 Å². The Bertz CT molecular complexity index is 246. The fourth-order valence-corrected chi connectivity index (χ4v) is 2.73. The van der Waals surface area contributed by atoms with E-state index in [1.807, 2.05) is 0 Å². The van der Waals surface area contributed by atoms with Crippen molar-refractivity contribution in [2.45, 2.75) is 0 Å². The van der Waals surface area contributed by atoms with Gasteiger partial charge in [0, 0.05) is 20.2 Å². The minimum Gasteiger partial charge on any atom is -0.384 e. The fraction of sp³-hybridized carbons (Fsp3) is 1.00. The molecule has 1 saturated heterocycles. The minimum absolute atomic E-state index is 0.0702. The van der Waals surface area contributed by atoms with E-state index in [4.69, 9.17) is 10.5 Å². The maximum Gasteiger partial charge on any atom is 0.216 e. The third-order valence-electron chi connectivity index (χ3n) is 2.20. The lowest BCUT2D eigenvalue weighted by atomic mass is 10.0. The standard InChI is InChI=1S/C7H16N2O3S/c1-12-2-3-13(10,11)9-5-7(4-8)6-9/h7H,2-6,8H2,1H3. The highest BCUT2D eigenvalue weighted by molar-refractivity contribution is 7.89. The molecule has 1 fully saturated rings. The maximum atomic E-state index is 11.4. The van der Waals surface area contributed by atoms with Crippen LogP contribution in [0.1, 0.15) is 0 Å². The number of hydrogen-bond acceptors (Lipinski definition) is 4. The molecule has 1 rings (SSSR count). The lowest BCUT2D eigenvalue weighted by Crippen LogP contribution is -2.53. The number of hydrogen-bond donors (Lipinski definition) is 1. The molecule has 0 amide bonds. The quantitative estimate of drug-likeness (QED) is 0.619. The first kappa shape index (κ1) is 10.9. The Morgan fingerprint density at radius 1 is 1.54 bits per heavy atom. The van der Waals surface area contributed by atoms with Crippen LogP contribution in [0.15, 0.2) is 0 Å². The van der Waals surface area contributed by atoms with Crippen molar-refractivity contribution < 1.29 is 13.2 Å². The zero-order valence-corrected chi connectivity index (χ0v) is 8.59. The summed E-state index contributed by atoms with van der Waals surface area (Å²) in [7, 11) is -1.58. The van der Waals surface area contributed by atoms with Crippen molar-refractivity contribution in [3.05, 3.63) is 0 Å². The number of nitrogens with zero attached hydrogens (tertiary/aromatic N) is 1. The lowest BCUT2D eigenvalue weighted by Gasteiger charge is -2.37.